The Morgan fingerprint density at radius 3 is 2.06 bits per heavy atom. The maximum Gasteiger partial charge on any atom is 0.326 e. The van der Waals surface area contributed by atoms with Crippen LogP contribution in [-0.4, -0.2) is 71.5 Å². The van der Waals surface area contributed by atoms with Crippen LogP contribution in [0.2, 0.25) is 0 Å². The fraction of sp³-hybridized carbons (Fsp3) is 0.565. The number of benzene rings is 1. The quantitative estimate of drug-likeness (QED) is 0.174. The van der Waals surface area contributed by atoms with Crippen molar-refractivity contribution >= 4 is 35.5 Å². The van der Waals surface area contributed by atoms with E-state index in [9.17, 15) is 24.3 Å². The predicted octanol–water partition coefficient (Wildman–Crippen LogP) is -0.00260. The zero-order valence-electron chi connectivity index (χ0n) is 19.8. The molecule has 3 amide bonds. The van der Waals surface area contributed by atoms with Gasteiger partial charge in [0, 0.05) is 6.42 Å². The molecule has 1 aromatic rings. The Morgan fingerprint density at radius 2 is 1.50 bits per heavy atom. The highest BCUT2D eigenvalue weighted by atomic mass is 32.2. The van der Waals surface area contributed by atoms with Crippen LogP contribution >= 0.6 is 11.8 Å². The molecule has 0 radical (unpaired) electrons. The van der Waals surface area contributed by atoms with Crippen molar-refractivity contribution in [1.82, 2.24) is 16.0 Å². The number of amides is 3. The van der Waals surface area contributed by atoms with Crippen molar-refractivity contribution in [2.75, 3.05) is 18.6 Å². The number of aliphatic carboxylic acids is 1. The molecule has 0 saturated heterocycles. The third-order valence-corrected chi connectivity index (χ3v) is 5.78. The molecule has 190 valence electrons. The van der Waals surface area contributed by atoms with Crippen LogP contribution in [0.5, 0.6) is 0 Å². The molecule has 0 saturated carbocycles. The van der Waals surface area contributed by atoms with Gasteiger partial charge in [-0.15, -0.1) is 0 Å². The minimum Gasteiger partial charge on any atom is -0.480 e. The molecule has 11 heteroatoms. The van der Waals surface area contributed by atoms with E-state index in [1.54, 1.807) is 0 Å². The number of carbonyl (C=O) groups is 4. The van der Waals surface area contributed by atoms with Gasteiger partial charge in [0.25, 0.3) is 0 Å². The van der Waals surface area contributed by atoms with Crippen molar-refractivity contribution in [2.24, 2.45) is 11.5 Å². The highest BCUT2D eigenvalue weighted by molar-refractivity contribution is 7.98. The summed E-state index contributed by atoms with van der Waals surface area (Å²) in [6.45, 7) is 1.94. The van der Waals surface area contributed by atoms with Crippen molar-refractivity contribution < 1.29 is 24.3 Å². The Bertz CT molecular complexity index is 793. The van der Waals surface area contributed by atoms with Crippen LogP contribution in [0.3, 0.4) is 0 Å². The summed E-state index contributed by atoms with van der Waals surface area (Å²) in [7, 11) is 0. The van der Waals surface area contributed by atoms with Crippen LogP contribution in [0.1, 0.15) is 38.2 Å². The second-order valence-corrected chi connectivity index (χ2v) is 9.05. The largest absolute Gasteiger partial charge is 0.480 e. The molecule has 0 aliphatic rings. The van der Waals surface area contributed by atoms with Gasteiger partial charge in [-0.2, -0.15) is 11.8 Å². The normalized spacial score (nSPS) is 14.4. The number of nitrogens with two attached hydrogens (primary N) is 2. The van der Waals surface area contributed by atoms with Gasteiger partial charge in [0.1, 0.15) is 18.1 Å². The topological polar surface area (TPSA) is 177 Å². The van der Waals surface area contributed by atoms with Gasteiger partial charge in [-0.3, -0.25) is 14.4 Å². The molecule has 0 aromatic heterocycles. The fourth-order valence-corrected chi connectivity index (χ4v) is 3.63. The average molecular weight is 496 g/mol. The monoisotopic (exact) mass is 495 g/mol. The number of unbranched alkanes of at least 4 members (excludes halogenated alkanes) is 1. The molecular weight excluding hydrogens is 458 g/mol. The van der Waals surface area contributed by atoms with Gasteiger partial charge < -0.3 is 32.5 Å². The van der Waals surface area contributed by atoms with Gasteiger partial charge in [-0.25, -0.2) is 4.79 Å². The zero-order chi connectivity index (χ0) is 25.5. The smallest absolute Gasteiger partial charge is 0.326 e. The van der Waals surface area contributed by atoms with Crippen LogP contribution in [0, 0.1) is 0 Å². The number of thioether (sulfide) groups is 1. The maximum absolute atomic E-state index is 13.1. The number of carboxylic acid groups (broad SMARTS) is 1. The van der Waals surface area contributed by atoms with Crippen molar-refractivity contribution in [2.45, 2.75) is 63.2 Å². The SMILES string of the molecule is CSCCC(NC(=O)C(C)N)C(=O)NC(Cc1ccccc1)C(=O)NC(CCCCN)C(=O)O. The van der Waals surface area contributed by atoms with E-state index in [1.807, 2.05) is 36.6 Å². The van der Waals surface area contributed by atoms with Crippen molar-refractivity contribution in [3.8, 4) is 0 Å². The minimum atomic E-state index is -1.16. The molecule has 4 atom stereocenters. The molecule has 1 rings (SSSR count). The van der Waals surface area contributed by atoms with E-state index in [0.29, 0.717) is 31.6 Å². The summed E-state index contributed by atoms with van der Waals surface area (Å²) in [4.78, 5) is 49.9. The zero-order valence-corrected chi connectivity index (χ0v) is 20.6. The number of hydrogen-bond donors (Lipinski definition) is 6. The van der Waals surface area contributed by atoms with E-state index >= 15 is 0 Å². The number of nitrogens with one attached hydrogen (secondary N) is 3. The van der Waals surface area contributed by atoms with Crippen LogP contribution in [-0.2, 0) is 25.6 Å². The Labute approximate surface area is 205 Å². The first-order valence-electron chi connectivity index (χ1n) is 11.3. The van der Waals surface area contributed by atoms with Gasteiger partial charge in [-0.05, 0) is 56.7 Å². The Balaban J connectivity index is 3.04. The van der Waals surface area contributed by atoms with Crippen LogP contribution in [0.4, 0.5) is 0 Å². The lowest BCUT2D eigenvalue weighted by Gasteiger charge is -2.25. The van der Waals surface area contributed by atoms with Gasteiger partial charge >= 0.3 is 5.97 Å². The Morgan fingerprint density at radius 1 is 0.912 bits per heavy atom. The summed E-state index contributed by atoms with van der Waals surface area (Å²) in [6.07, 6.45) is 3.80. The van der Waals surface area contributed by atoms with Crippen molar-refractivity contribution in [1.29, 1.82) is 0 Å². The van der Waals surface area contributed by atoms with E-state index in [2.05, 4.69) is 16.0 Å². The van der Waals surface area contributed by atoms with Crippen molar-refractivity contribution in [3.05, 3.63) is 35.9 Å². The van der Waals surface area contributed by atoms with Crippen molar-refractivity contribution in [3.63, 3.8) is 0 Å². The summed E-state index contributed by atoms with van der Waals surface area (Å²) in [5.74, 6) is -2.17. The standard InChI is InChI=1S/C23H37N5O5S/c1-15(25)20(29)26-17(11-13-34-2)21(30)28-19(14-16-8-4-3-5-9-16)22(31)27-18(23(32)33)10-6-7-12-24/h3-5,8-9,15,17-19H,6-7,10-14,24-25H2,1-2H3,(H,26,29)(H,27,31)(H,28,30)(H,32,33). The molecule has 0 bridgehead atoms. The highest BCUT2D eigenvalue weighted by Crippen LogP contribution is 2.08. The Kier molecular flexibility index (Phi) is 13.9. The first kappa shape index (κ1) is 29.4. The molecule has 34 heavy (non-hydrogen) atoms. The van der Waals surface area contributed by atoms with E-state index < -0.39 is 47.9 Å². The molecule has 10 nitrogen and oxygen atoms in total. The van der Waals surface area contributed by atoms with Gasteiger partial charge in [-0.1, -0.05) is 30.3 Å². The molecule has 0 heterocycles. The van der Waals surface area contributed by atoms with Gasteiger partial charge in [0.2, 0.25) is 17.7 Å². The third-order valence-electron chi connectivity index (χ3n) is 5.13. The minimum absolute atomic E-state index is 0.157. The third kappa shape index (κ3) is 11.0. The highest BCUT2D eigenvalue weighted by Gasteiger charge is 2.29. The number of carboxylic acids is 1. The molecule has 0 aliphatic carbocycles. The number of hydrogen-bond acceptors (Lipinski definition) is 7. The van der Waals surface area contributed by atoms with Gasteiger partial charge in [0.05, 0.1) is 6.04 Å². The number of rotatable bonds is 16. The molecule has 4 unspecified atom stereocenters. The first-order valence-corrected chi connectivity index (χ1v) is 12.7. The van der Waals surface area contributed by atoms with Gasteiger partial charge in [0.15, 0.2) is 0 Å². The second kappa shape index (κ2) is 16.1. The van der Waals surface area contributed by atoms with E-state index in [1.165, 1.54) is 18.7 Å². The molecule has 0 spiro atoms. The van der Waals surface area contributed by atoms with E-state index in [4.69, 9.17) is 11.5 Å². The lowest BCUT2D eigenvalue weighted by molar-refractivity contribution is -0.142. The summed E-state index contributed by atoms with van der Waals surface area (Å²) in [5.41, 5.74) is 11.9. The molecule has 1 aromatic carbocycles. The molecular formula is C23H37N5O5S. The lowest BCUT2D eigenvalue weighted by atomic mass is 10.0. The predicted molar refractivity (Wildman–Crippen MR) is 133 cm³/mol. The maximum atomic E-state index is 13.1. The summed E-state index contributed by atoms with van der Waals surface area (Å²) in [6, 6.07) is 5.27. The first-order chi connectivity index (χ1) is 16.2. The Hall–Kier alpha value is -2.63. The van der Waals surface area contributed by atoms with Crippen LogP contribution < -0.4 is 27.4 Å². The van der Waals surface area contributed by atoms with Crippen LogP contribution in [0.15, 0.2) is 30.3 Å². The molecule has 0 fully saturated rings. The van der Waals surface area contributed by atoms with E-state index in [-0.39, 0.29) is 12.8 Å². The average Bonchev–Trinajstić information content (AvgIpc) is 2.80. The second-order valence-electron chi connectivity index (χ2n) is 8.07. The lowest BCUT2D eigenvalue weighted by Crippen LogP contribution is -2.57. The molecule has 0 aliphatic heterocycles. The summed E-state index contributed by atoms with van der Waals surface area (Å²) < 4.78 is 0. The van der Waals surface area contributed by atoms with Crippen LogP contribution in [0.25, 0.3) is 0 Å². The van der Waals surface area contributed by atoms with E-state index in [0.717, 1.165) is 5.56 Å². The fourth-order valence-electron chi connectivity index (χ4n) is 3.16. The number of carbonyl (C=O) groups excluding carboxylic acids is 3. The molecule has 8 N–H and O–H groups in total. The summed E-state index contributed by atoms with van der Waals surface area (Å²) in [5, 5.41) is 17.4. The summed E-state index contributed by atoms with van der Waals surface area (Å²) >= 11 is 1.52.